The van der Waals surface area contributed by atoms with Crippen LogP contribution in [0.25, 0.3) is 0 Å². The molecule has 0 aliphatic carbocycles. The van der Waals surface area contributed by atoms with Gasteiger partial charge in [0.15, 0.2) is 0 Å². The first kappa shape index (κ1) is 19.1. The third kappa shape index (κ3) is 6.66. The lowest BCUT2D eigenvalue weighted by Gasteiger charge is -2.08. The summed E-state index contributed by atoms with van der Waals surface area (Å²) in [6, 6.07) is 10.5. The molecule has 6 nitrogen and oxygen atoms in total. The molecule has 2 aromatic rings. The van der Waals surface area contributed by atoms with Gasteiger partial charge in [-0.1, -0.05) is 12.1 Å². The Bertz CT molecular complexity index is 673. The number of carbonyl (C=O) groups is 2. The van der Waals surface area contributed by atoms with E-state index in [1.54, 1.807) is 37.4 Å². The van der Waals surface area contributed by atoms with Crippen LogP contribution in [0.3, 0.4) is 0 Å². The fourth-order valence-corrected chi connectivity index (χ4v) is 2.68. The first-order chi connectivity index (χ1) is 12.2. The molecule has 1 aromatic heterocycles. The number of hydrogen-bond acceptors (Lipinski definition) is 5. The van der Waals surface area contributed by atoms with Crippen LogP contribution >= 0.6 is 11.3 Å². The number of anilines is 1. The van der Waals surface area contributed by atoms with Crippen LogP contribution < -0.4 is 10.6 Å². The van der Waals surface area contributed by atoms with Crippen LogP contribution in [0.1, 0.15) is 26.5 Å². The van der Waals surface area contributed by atoms with Crippen molar-refractivity contribution in [1.82, 2.24) is 5.32 Å². The number of ether oxygens (including phenoxy) is 2. The molecule has 2 amide bonds. The van der Waals surface area contributed by atoms with Crippen molar-refractivity contribution in [3.63, 3.8) is 0 Å². The number of carbonyl (C=O) groups excluding carboxylic acids is 2. The third-order valence-corrected chi connectivity index (χ3v) is 4.18. The number of hydrogen-bond donors (Lipinski definition) is 2. The predicted molar refractivity (Wildman–Crippen MR) is 98.4 cm³/mol. The molecule has 0 saturated heterocycles. The molecule has 0 bridgehead atoms. The molecular weight excluding hydrogens is 340 g/mol. The molecule has 1 aromatic carbocycles. The standard InChI is InChI=1S/C18H22N2O4S/c1-23-10-11-24-9-4-8-19-17(21)14-5-2-6-15(13-14)20-18(22)16-7-3-12-25-16/h2-3,5-7,12-13H,4,8-11H2,1H3,(H,19,21)(H,20,22). The minimum absolute atomic E-state index is 0.177. The number of methoxy groups -OCH3 is 1. The molecule has 7 heteroatoms. The largest absolute Gasteiger partial charge is 0.382 e. The molecule has 0 atom stereocenters. The van der Waals surface area contributed by atoms with Crippen LogP contribution in [0.4, 0.5) is 5.69 Å². The maximum atomic E-state index is 12.2. The lowest BCUT2D eigenvalue weighted by atomic mass is 10.2. The Labute approximate surface area is 151 Å². The van der Waals surface area contributed by atoms with Crippen LogP contribution in [0.2, 0.25) is 0 Å². The normalized spacial score (nSPS) is 10.4. The van der Waals surface area contributed by atoms with Crippen molar-refractivity contribution in [3.8, 4) is 0 Å². The van der Waals surface area contributed by atoms with Crippen molar-refractivity contribution < 1.29 is 19.1 Å². The monoisotopic (exact) mass is 362 g/mol. The summed E-state index contributed by atoms with van der Waals surface area (Å²) in [6.45, 7) is 2.21. The van der Waals surface area contributed by atoms with Gasteiger partial charge in [0.2, 0.25) is 0 Å². The molecule has 0 radical (unpaired) electrons. The highest BCUT2D eigenvalue weighted by atomic mass is 32.1. The molecule has 1 heterocycles. The lowest BCUT2D eigenvalue weighted by Crippen LogP contribution is -2.25. The van der Waals surface area contributed by atoms with Gasteiger partial charge in [-0.3, -0.25) is 9.59 Å². The summed E-state index contributed by atoms with van der Waals surface area (Å²) in [5, 5.41) is 7.48. The quantitative estimate of drug-likeness (QED) is 0.637. The molecule has 0 aliphatic heterocycles. The van der Waals surface area contributed by atoms with Crippen molar-refractivity contribution in [3.05, 3.63) is 52.2 Å². The van der Waals surface area contributed by atoms with Gasteiger partial charge in [0.25, 0.3) is 11.8 Å². The molecule has 0 spiro atoms. The maximum absolute atomic E-state index is 12.2. The molecular formula is C18H22N2O4S. The summed E-state index contributed by atoms with van der Waals surface area (Å²) >= 11 is 1.37. The average molecular weight is 362 g/mol. The molecule has 25 heavy (non-hydrogen) atoms. The van der Waals surface area contributed by atoms with Gasteiger partial charge in [-0.15, -0.1) is 11.3 Å². The average Bonchev–Trinajstić information content (AvgIpc) is 3.16. The fraction of sp³-hybridized carbons (Fsp3) is 0.333. The van der Waals surface area contributed by atoms with E-state index in [2.05, 4.69) is 10.6 Å². The predicted octanol–water partition coefficient (Wildman–Crippen LogP) is 2.78. The van der Waals surface area contributed by atoms with Crippen molar-refractivity contribution in [2.45, 2.75) is 6.42 Å². The van der Waals surface area contributed by atoms with Gasteiger partial charge >= 0.3 is 0 Å². The van der Waals surface area contributed by atoms with Gasteiger partial charge in [-0.05, 0) is 36.1 Å². The second-order valence-corrected chi connectivity index (χ2v) is 6.17. The van der Waals surface area contributed by atoms with E-state index in [-0.39, 0.29) is 11.8 Å². The van der Waals surface area contributed by atoms with Crippen molar-refractivity contribution in [1.29, 1.82) is 0 Å². The van der Waals surface area contributed by atoms with E-state index in [1.807, 2.05) is 11.4 Å². The Kier molecular flexibility index (Phi) is 8.11. The molecule has 0 unspecified atom stereocenters. The summed E-state index contributed by atoms with van der Waals surface area (Å²) in [5.41, 5.74) is 1.10. The van der Waals surface area contributed by atoms with E-state index < -0.39 is 0 Å². The number of benzene rings is 1. The van der Waals surface area contributed by atoms with Crippen LogP contribution in [-0.4, -0.2) is 45.3 Å². The zero-order valence-corrected chi connectivity index (χ0v) is 14.9. The van der Waals surface area contributed by atoms with Gasteiger partial charge in [0.1, 0.15) is 0 Å². The van der Waals surface area contributed by atoms with Gasteiger partial charge in [0.05, 0.1) is 18.1 Å². The zero-order chi connectivity index (χ0) is 17.9. The Morgan fingerprint density at radius 1 is 1.08 bits per heavy atom. The third-order valence-electron chi connectivity index (χ3n) is 3.31. The number of amides is 2. The smallest absolute Gasteiger partial charge is 0.265 e. The van der Waals surface area contributed by atoms with Crippen molar-refractivity contribution >= 4 is 28.8 Å². The van der Waals surface area contributed by atoms with Gasteiger partial charge in [-0.2, -0.15) is 0 Å². The summed E-state index contributed by atoms with van der Waals surface area (Å²) in [7, 11) is 1.63. The topological polar surface area (TPSA) is 76.7 Å². The first-order valence-electron chi connectivity index (χ1n) is 8.00. The van der Waals surface area contributed by atoms with E-state index in [9.17, 15) is 9.59 Å². The van der Waals surface area contributed by atoms with Gasteiger partial charge in [0, 0.05) is 31.5 Å². The molecule has 0 saturated carbocycles. The maximum Gasteiger partial charge on any atom is 0.265 e. The summed E-state index contributed by atoms with van der Waals surface area (Å²) < 4.78 is 10.2. The highest BCUT2D eigenvalue weighted by Gasteiger charge is 2.09. The second kappa shape index (κ2) is 10.6. The van der Waals surface area contributed by atoms with E-state index in [0.717, 1.165) is 6.42 Å². The lowest BCUT2D eigenvalue weighted by molar-refractivity contribution is 0.0688. The van der Waals surface area contributed by atoms with Gasteiger partial charge < -0.3 is 20.1 Å². The van der Waals surface area contributed by atoms with E-state index >= 15 is 0 Å². The summed E-state index contributed by atoms with van der Waals surface area (Å²) in [5.74, 6) is -0.357. The fourth-order valence-electron chi connectivity index (χ4n) is 2.06. The van der Waals surface area contributed by atoms with E-state index in [1.165, 1.54) is 11.3 Å². The number of rotatable bonds is 10. The van der Waals surface area contributed by atoms with Crippen molar-refractivity contribution in [2.24, 2.45) is 0 Å². The Morgan fingerprint density at radius 3 is 2.72 bits per heavy atom. The Hall–Kier alpha value is -2.22. The molecule has 134 valence electrons. The number of thiophene rings is 1. The SMILES string of the molecule is COCCOCCCNC(=O)c1cccc(NC(=O)c2cccs2)c1. The zero-order valence-electron chi connectivity index (χ0n) is 14.1. The summed E-state index contributed by atoms with van der Waals surface area (Å²) in [4.78, 5) is 24.8. The minimum atomic E-state index is -0.180. The molecule has 2 rings (SSSR count). The van der Waals surface area contributed by atoms with E-state index in [0.29, 0.717) is 42.5 Å². The second-order valence-electron chi connectivity index (χ2n) is 5.23. The minimum Gasteiger partial charge on any atom is -0.382 e. The number of nitrogens with one attached hydrogen (secondary N) is 2. The molecule has 0 aliphatic rings. The highest BCUT2D eigenvalue weighted by molar-refractivity contribution is 7.12. The van der Waals surface area contributed by atoms with Crippen LogP contribution in [-0.2, 0) is 9.47 Å². The van der Waals surface area contributed by atoms with Gasteiger partial charge in [-0.25, -0.2) is 0 Å². The first-order valence-corrected chi connectivity index (χ1v) is 8.88. The van der Waals surface area contributed by atoms with Crippen LogP contribution in [0, 0.1) is 0 Å². The van der Waals surface area contributed by atoms with Crippen LogP contribution in [0.5, 0.6) is 0 Å². The highest BCUT2D eigenvalue weighted by Crippen LogP contribution is 2.15. The van der Waals surface area contributed by atoms with E-state index in [4.69, 9.17) is 9.47 Å². The Morgan fingerprint density at radius 2 is 1.96 bits per heavy atom. The van der Waals surface area contributed by atoms with Crippen LogP contribution in [0.15, 0.2) is 41.8 Å². The van der Waals surface area contributed by atoms with Crippen molar-refractivity contribution in [2.75, 3.05) is 38.8 Å². The Balaban J connectivity index is 1.77. The molecule has 2 N–H and O–H groups in total. The summed E-state index contributed by atoms with van der Waals surface area (Å²) in [6.07, 6.45) is 0.726. The molecule has 0 fully saturated rings.